The van der Waals surface area contributed by atoms with Crippen molar-refractivity contribution in [2.75, 3.05) is 7.11 Å². The van der Waals surface area contributed by atoms with Crippen LogP contribution in [0.25, 0.3) is 0 Å². The highest BCUT2D eigenvalue weighted by Gasteiger charge is 2.19. The van der Waals surface area contributed by atoms with Crippen LogP contribution in [0.2, 0.25) is 0 Å². The maximum atomic E-state index is 13.5. The van der Waals surface area contributed by atoms with Gasteiger partial charge in [0, 0.05) is 6.04 Å². The van der Waals surface area contributed by atoms with Gasteiger partial charge in [0.05, 0.1) is 20.0 Å². The Kier molecular flexibility index (Phi) is 6.14. The summed E-state index contributed by atoms with van der Waals surface area (Å²) in [7, 11) is 1.37. The molecule has 0 spiro atoms. The van der Waals surface area contributed by atoms with E-state index in [9.17, 15) is 14.0 Å². The minimum Gasteiger partial charge on any atom is -0.494 e. The first-order valence-corrected chi connectivity index (χ1v) is 6.67. The molecule has 0 fully saturated rings. The number of rotatable bonds is 7. The van der Waals surface area contributed by atoms with E-state index in [1.807, 2.05) is 13.8 Å². The fourth-order valence-electron chi connectivity index (χ4n) is 1.90. The molecule has 2 N–H and O–H groups in total. The molecule has 5 nitrogen and oxygen atoms in total. The summed E-state index contributed by atoms with van der Waals surface area (Å²) in [5, 5.41) is 11.5. The Hall–Kier alpha value is -2.11. The zero-order valence-electron chi connectivity index (χ0n) is 12.4. The molecule has 0 aliphatic rings. The highest BCUT2D eigenvalue weighted by Crippen LogP contribution is 2.18. The number of benzene rings is 1. The van der Waals surface area contributed by atoms with Crippen LogP contribution in [0.3, 0.4) is 0 Å². The lowest BCUT2D eigenvalue weighted by Crippen LogP contribution is -2.40. The Morgan fingerprint density at radius 1 is 1.38 bits per heavy atom. The van der Waals surface area contributed by atoms with Crippen LogP contribution in [0.4, 0.5) is 4.39 Å². The molecule has 1 unspecified atom stereocenters. The van der Waals surface area contributed by atoms with E-state index < -0.39 is 17.8 Å². The second kappa shape index (κ2) is 7.61. The number of carbonyl (C=O) groups is 2. The number of carboxylic acids is 1. The van der Waals surface area contributed by atoms with E-state index in [1.54, 1.807) is 6.07 Å². The molecule has 0 saturated carbocycles. The normalized spacial score (nSPS) is 12.0. The van der Waals surface area contributed by atoms with Gasteiger partial charge in [-0.3, -0.25) is 9.59 Å². The van der Waals surface area contributed by atoms with Crippen LogP contribution < -0.4 is 10.1 Å². The number of amides is 1. The van der Waals surface area contributed by atoms with E-state index in [2.05, 4.69) is 5.32 Å². The molecule has 21 heavy (non-hydrogen) atoms. The zero-order valence-corrected chi connectivity index (χ0v) is 12.4. The molecule has 0 radical (unpaired) electrons. The monoisotopic (exact) mass is 297 g/mol. The minimum absolute atomic E-state index is 0.00217. The van der Waals surface area contributed by atoms with Gasteiger partial charge >= 0.3 is 5.97 Å². The summed E-state index contributed by atoms with van der Waals surface area (Å²) in [4.78, 5) is 22.7. The molecule has 0 aromatic heterocycles. The number of hydrogen-bond acceptors (Lipinski definition) is 3. The van der Waals surface area contributed by atoms with E-state index in [0.717, 1.165) is 0 Å². The Balaban J connectivity index is 2.67. The van der Waals surface area contributed by atoms with Gasteiger partial charge in [-0.2, -0.15) is 0 Å². The zero-order chi connectivity index (χ0) is 16.0. The summed E-state index contributed by atoms with van der Waals surface area (Å²) in [6.07, 6.45) is -0.149. The van der Waals surface area contributed by atoms with Crippen LogP contribution in [0.1, 0.15) is 25.8 Å². The first-order chi connectivity index (χ1) is 9.83. The summed E-state index contributed by atoms with van der Waals surface area (Å²) in [5.74, 6) is -1.72. The number of halogens is 1. The smallest absolute Gasteiger partial charge is 0.305 e. The Bertz CT molecular complexity index is 516. The number of nitrogens with one attached hydrogen (secondary N) is 1. The predicted molar refractivity (Wildman–Crippen MR) is 75.7 cm³/mol. The van der Waals surface area contributed by atoms with Crippen molar-refractivity contribution in [3.8, 4) is 5.75 Å². The van der Waals surface area contributed by atoms with Gasteiger partial charge in [0.1, 0.15) is 0 Å². The molecule has 1 aromatic carbocycles. The van der Waals surface area contributed by atoms with Gasteiger partial charge < -0.3 is 15.2 Å². The van der Waals surface area contributed by atoms with Gasteiger partial charge in [-0.25, -0.2) is 4.39 Å². The average Bonchev–Trinajstić information content (AvgIpc) is 2.37. The highest BCUT2D eigenvalue weighted by molar-refractivity contribution is 5.79. The molecule has 6 heteroatoms. The van der Waals surface area contributed by atoms with Crippen molar-refractivity contribution in [3.05, 3.63) is 29.6 Å². The molecule has 0 aliphatic heterocycles. The van der Waals surface area contributed by atoms with Crippen LogP contribution in [0.5, 0.6) is 5.75 Å². The third kappa shape index (κ3) is 5.41. The fourth-order valence-corrected chi connectivity index (χ4v) is 1.90. The van der Waals surface area contributed by atoms with Gasteiger partial charge in [0.25, 0.3) is 0 Å². The van der Waals surface area contributed by atoms with Gasteiger partial charge in [-0.1, -0.05) is 19.9 Å². The minimum atomic E-state index is -0.968. The van der Waals surface area contributed by atoms with Gasteiger partial charge in [-0.15, -0.1) is 0 Å². The first-order valence-electron chi connectivity index (χ1n) is 6.67. The largest absolute Gasteiger partial charge is 0.494 e. The van der Waals surface area contributed by atoms with E-state index >= 15 is 0 Å². The van der Waals surface area contributed by atoms with Crippen LogP contribution in [-0.2, 0) is 16.0 Å². The summed E-state index contributed by atoms with van der Waals surface area (Å²) >= 11 is 0. The fraction of sp³-hybridized carbons (Fsp3) is 0.467. The van der Waals surface area contributed by atoms with E-state index in [-0.39, 0.29) is 30.4 Å². The molecule has 0 saturated heterocycles. The lowest BCUT2D eigenvalue weighted by molar-refractivity contribution is -0.138. The van der Waals surface area contributed by atoms with Crippen molar-refractivity contribution in [3.63, 3.8) is 0 Å². The lowest BCUT2D eigenvalue weighted by atomic mass is 10.0. The Morgan fingerprint density at radius 3 is 2.52 bits per heavy atom. The first kappa shape index (κ1) is 16.9. The van der Waals surface area contributed by atoms with Crippen molar-refractivity contribution in [1.82, 2.24) is 5.32 Å². The number of aliphatic carboxylic acids is 1. The number of ether oxygens (including phenoxy) is 1. The molecule has 1 amide bonds. The average molecular weight is 297 g/mol. The van der Waals surface area contributed by atoms with Crippen molar-refractivity contribution in [1.29, 1.82) is 0 Å². The predicted octanol–water partition coefficient (Wildman–Crippen LogP) is 1.99. The van der Waals surface area contributed by atoms with E-state index in [4.69, 9.17) is 9.84 Å². The molecule has 0 bridgehead atoms. The molecule has 1 atom stereocenters. The maximum absolute atomic E-state index is 13.5. The summed E-state index contributed by atoms with van der Waals surface area (Å²) < 4.78 is 18.3. The number of hydrogen-bond donors (Lipinski definition) is 2. The standard InChI is InChI=1S/C15H20FNO4/c1-9(2)12(8-15(19)20)17-14(18)7-10-4-5-13(21-3)11(16)6-10/h4-6,9,12H,7-8H2,1-3H3,(H,17,18)(H,19,20). The summed E-state index contributed by atoms with van der Waals surface area (Å²) in [6.45, 7) is 3.67. The van der Waals surface area contributed by atoms with Crippen LogP contribution in [0, 0.1) is 11.7 Å². The third-order valence-electron chi connectivity index (χ3n) is 3.13. The van der Waals surface area contributed by atoms with Crippen molar-refractivity contribution in [2.24, 2.45) is 5.92 Å². The molecular weight excluding hydrogens is 277 g/mol. The van der Waals surface area contributed by atoms with E-state index in [1.165, 1.54) is 19.2 Å². The van der Waals surface area contributed by atoms with Crippen molar-refractivity contribution >= 4 is 11.9 Å². The third-order valence-corrected chi connectivity index (χ3v) is 3.13. The SMILES string of the molecule is COc1ccc(CC(=O)NC(CC(=O)O)C(C)C)cc1F. The summed E-state index contributed by atoms with van der Waals surface area (Å²) in [5.41, 5.74) is 0.503. The summed E-state index contributed by atoms with van der Waals surface area (Å²) in [6, 6.07) is 3.84. The van der Waals surface area contributed by atoms with Gasteiger partial charge in [0.15, 0.2) is 11.6 Å². The molecule has 116 valence electrons. The van der Waals surface area contributed by atoms with Crippen molar-refractivity contribution < 1.29 is 23.8 Å². The van der Waals surface area contributed by atoms with Crippen LogP contribution in [0.15, 0.2) is 18.2 Å². The molecule has 1 rings (SSSR count). The number of methoxy groups -OCH3 is 1. The van der Waals surface area contributed by atoms with Gasteiger partial charge in [-0.05, 0) is 23.6 Å². The Labute approximate surface area is 123 Å². The quantitative estimate of drug-likeness (QED) is 0.807. The van der Waals surface area contributed by atoms with Crippen molar-refractivity contribution in [2.45, 2.75) is 32.7 Å². The molecular formula is C15H20FNO4. The number of carbonyl (C=O) groups excluding carboxylic acids is 1. The molecule has 0 heterocycles. The topological polar surface area (TPSA) is 75.6 Å². The number of carboxylic acid groups (broad SMARTS) is 1. The van der Waals surface area contributed by atoms with Gasteiger partial charge in [0.2, 0.25) is 5.91 Å². The van der Waals surface area contributed by atoms with Crippen LogP contribution in [-0.4, -0.2) is 30.1 Å². The Morgan fingerprint density at radius 2 is 2.05 bits per heavy atom. The second-order valence-corrected chi connectivity index (χ2v) is 5.16. The van der Waals surface area contributed by atoms with E-state index in [0.29, 0.717) is 5.56 Å². The highest BCUT2D eigenvalue weighted by atomic mass is 19.1. The lowest BCUT2D eigenvalue weighted by Gasteiger charge is -2.20. The molecule has 1 aromatic rings. The second-order valence-electron chi connectivity index (χ2n) is 5.16. The van der Waals surface area contributed by atoms with Crippen LogP contribution >= 0.6 is 0 Å². The molecule has 0 aliphatic carbocycles. The maximum Gasteiger partial charge on any atom is 0.305 e.